The van der Waals surface area contributed by atoms with Crippen LogP contribution in [0, 0.1) is 0 Å². The number of hydrogen-bond donors (Lipinski definition) is 1. The van der Waals surface area contributed by atoms with Crippen molar-refractivity contribution in [3.63, 3.8) is 0 Å². The van der Waals surface area contributed by atoms with E-state index in [0.29, 0.717) is 12.0 Å². The summed E-state index contributed by atoms with van der Waals surface area (Å²) in [6.07, 6.45) is 1.38. The third kappa shape index (κ3) is 0.724. The molecule has 1 aromatic heterocycles. The summed E-state index contributed by atoms with van der Waals surface area (Å²) in [6.45, 7) is 3.07. The van der Waals surface area contributed by atoms with Crippen LogP contribution < -0.4 is 5.32 Å². The lowest BCUT2D eigenvalue weighted by Crippen LogP contribution is -2.49. The van der Waals surface area contributed by atoms with Gasteiger partial charge in [0.2, 0.25) is 12.3 Å². The van der Waals surface area contributed by atoms with Gasteiger partial charge in [-0.3, -0.25) is 0 Å². The van der Waals surface area contributed by atoms with Crippen molar-refractivity contribution in [2.45, 2.75) is 18.9 Å². The van der Waals surface area contributed by atoms with Gasteiger partial charge in [-0.25, -0.2) is 0 Å². The summed E-state index contributed by atoms with van der Waals surface area (Å²) in [7, 11) is 0. The molecule has 54 valence electrons. The molecule has 2 heterocycles. The third-order valence-electron chi connectivity index (χ3n) is 1.96. The maximum absolute atomic E-state index is 5.05. The lowest BCUT2D eigenvalue weighted by Gasteiger charge is -2.32. The van der Waals surface area contributed by atoms with Gasteiger partial charge in [0, 0.05) is 12.6 Å². The lowest BCUT2D eigenvalue weighted by molar-refractivity contribution is 0.280. The molecule has 1 aliphatic heterocycles. The van der Waals surface area contributed by atoms with Gasteiger partial charge in [0.15, 0.2) is 0 Å². The molecule has 2 atom stereocenters. The Morgan fingerprint density at radius 1 is 1.80 bits per heavy atom. The topological polar surface area (TPSA) is 51.0 Å². The minimum Gasteiger partial charge on any atom is -0.428 e. The van der Waals surface area contributed by atoms with Crippen LogP contribution in [0.5, 0.6) is 0 Å². The van der Waals surface area contributed by atoms with Crippen molar-refractivity contribution in [3.05, 3.63) is 12.3 Å². The van der Waals surface area contributed by atoms with E-state index in [4.69, 9.17) is 4.42 Å². The summed E-state index contributed by atoms with van der Waals surface area (Å²) in [5.74, 6) is 1.19. The van der Waals surface area contributed by atoms with Gasteiger partial charge in [-0.2, -0.15) is 0 Å². The Morgan fingerprint density at radius 2 is 2.70 bits per heavy atom. The van der Waals surface area contributed by atoms with Gasteiger partial charge in [-0.1, -0.05) is 0 Å². The Hall–Kier alpha value is -0.900. The first kappa shape index (κ1) is 5.85. The van der Waals surface area contributed by atoms with Gasteiger partial charge in [0.1, 0.15) is 0 Å². The van der Waals surface area contributed by atoms with Crippen LogP contribution in [0.2, 0.25) is 0 Å². The van der Waals surface area contributed by atoms with E-state index in [1.54, 1.807) is 0 Å². The van der Waals surface area contributed by atoms with E-state index < -0.39 is 0 Å². The molecule has 1 aromatic rings. The quantitative estimate of drug-likeness (QED) is 0.601. The monoisotopic (exact) mass is 139 g/mol. The van der Waals surface area contributed by atoms with Gasteiger partial charge in [-0.15, -0.1) is 10.2 Å². The number of hydrogen-bond acceptors (Lipinski definition) is 4. The fourth-order valence-electron chi connectivity index (χ4n) is 1.12. The smallest absolute Gasteiger partial charge is 0.222 e. The van der Waals surface area contributed by atoms with Gasteiger partial charge in [0.05, 0.1) is 5.92 Å². The van der Waals surface area contributed by atoms with Crippen molar-refractivity contribution in [1.82, 2.24) is 15.5 Å². The van der Waals surface area contributed by atoms with Crippen LogP contribution in [0.4, 0.5) is 0 Å². The largest absolute Gasteiger partial charge is 0.428 e. The lowest BCUT2D eigenvalue weighted by atomic mass is 9.93. The fourth-order valence-corrected chi connectivity index (χ4v) is 1.12. The maximum Gasteiger partial charge on any atom is 0.222 e. The molecule has 0 aromatic carbocycles. The SMILES string of the molecule is CC1NCC1c1nnco1. The maximum atomic E-state index is 5.05. The Labute approximate surface area is 58.6 Å². The zero-order chi connectivity index (χ0) is 6.97. The Balaban J connectivity index is 2.14. The summed E-state index contributed by atoms with van der Waals surface area (Å²) in [6, 6.07) is 0.487. The Bertz CT molecular complexity index is 209. The normalized spacial score (nSPS) is 31.7. The van der Waals surface area contributed by atoms with Crippen LogP contribution in [0.15, 0.2) is 10.8 Å². The number of rotatable bonds is 1. The predicted octanol–water partition coefficient (Wildman–Crippen LogP) is 0.145. The first-order valence-electron chi connectivity index (χ1n) is 3.37. The van der Waals surface area contributed by atoms with Gasteiger partial charge in [0.25, 0.3) is 0 Å². The molecule has 0 spiro atoms. The van der Waals surface area contributed by atoms with E-state index in [1.807, 2.05) is 0 Å². The number of aromatic nitrogens is 2. The van der Waals surface area contributed by atoms with E-state index in [2.05, 4.69) is 22.4 Å². The zero-order valence-corrected chi connectivity index (χ0v) is 5.74. The van der Waals surface area contributed by atoms with Crippen LogP contribution in [0.1, 0.15) is 18.7 Å². The highest BCUT2D eigenvalue weighted by Crippen LogP contribution is 2.22. The fraction of sp³-hybridized carbons (Fsp3) is 0.667. The minimum atomic E-state index is 0.433. The predicted molar refractivity (Wildman–Crippen MR) is 34.5 cm³/mol. The van der Waals surface area contributed by atoms with Gasteiger partial charge >= 0.3 is 0 Å². The highest BCUT2D eigenvalue weighted by Gasteiger charge is 2.31. The first-order valence-corrected chi connectivity index (χ1v) is 3.37. The van der Waals surface area contributed by atoms with Gasteiger partial charge < -0.3 is 9.73 Å². The standard InChI is InChI=1S/C6H9N3O/c1-4-5(2-7-4)6-9-8-3-10-6/h3-5,7H,2H2,1H3. The minimum absolute atomic E-state index is 0.433. The highest BCUT2D eigenvalue weighted by atomic mass is 16.4. The molecule has 10 heavy (non-hydrogen) atoms. The van der Waals surface area contributed by atoms with Crippen molar-refractivity contribution < 1.29 is 4.42 Å². The molecule has 1 saturated heterocycles. The van der Waals surface area contributed by atoms with Crippen LogP contribution in [0.3, 0.4) is 0 Å². The van der Waals surface area contributed by atoms with E-state index in [1.165, 1.54) is 6.39 Å². The second-order valence-electron chi connectivity index (χ2n) is 2.58. The third-order valence-corrected chi connectivity index (χ3v) is 1.96. The molecule has 2 unspecified atom stereocenters. The van der Waals surface area contributed by atoms with Crippen molar-refractivity contribution in [1.29, 1.82) is 0 Å². The van der Waals surface area contributed by atoms with Crippen LogP contribution in [-0.2, 0) is 0 Å². The molecule has 4 heteroatoms. The van der Waals surface area contributed by atoms with E-state index in [-0.39, 0.29) is 0 Å². The summed E-state index contributed by atoms with van der Waals surface area (Å²) in [4.78, 5) is 0. The molecule has 1 N–H and O–H groups in total. The van der Waals surface area contributed by atoms with Gasteiger partial charge in [-0.05, 0) is 6.92 Å². The molecular formula is C6H9N3O. The molecule has 0 amide bonds. The van der Waals surface area contributed by atoms with Crippen molar-refractivity contribution in [2.75, 3.05) is 6.54 Å². The zero-order valence-electron chi connectivity index (χ0n) is 5.74. The van der Waals surface area contributed by atoms with E-state index in [0.717, 1.165) is 12.4 Å². The van der Waals surface area contributed by atoms with Crippen LogP contribution >= 0.6 is 0 Å². The second kappa shape index (κ2) is 2.05. The molecule has 4 nitrogen and oxygen atoms in total. The van der Waals surface area contributed by atoms with Crippen molar-refractivity contribution in [2.24, 2.45) is 0 Å². The molecule has 2 rings (SSSR count). The molecule has 1 aliphatic rings. The molecular weight excluding hydrogens is 130 g/mol. The molecule has 0 aliphatic carbocycles. The number of nitrogens with zero attached hydrogens (tertiary/aromatic N) is 2. The average molecular weight is 139 g/mol. The summed E-state index contributed by atoms with van der Waals surface area (Å²) < 4.78 is 5.05. The second-order valence-corrected chi connectivity index (χ2v) is 2.58. The number of nitrogens with one attached hydrogen (secondary N) is 1. The molecule has 0 saturated carbocycles. The highest BCUT2D eigenvalue weighted by molar-refractivity contribution is 5.02. The Kier molecular flexibility index (Phi) is 1.20. The summed E-state index contributed by atoms with van der Waals surface area (Å²) in [5, 5.41) is 10.7. The van der Waals surface area contributed by atoms with Crippen molar-refractivity contribution >= 4 is 0 Å². The summed E-state index contributed by atoms with van der Waals surface area (Å²) >= 11 is 0. The van der Waals surface area contributed by atoms with Crippen LogP contribution in [0.25, 0.3) is 0 Å². The molecule has 0 radical (unpaired) electrons. The Morgan fingerprint density at radius 3 is 3.10 bits per heavy atom. The molecule has 0 bridgehead atoms. The first-order chi connectivity index (χ1) is 4.88. The molecule has 1 fully saturated rings. The van der Waals surface area contributed by atoms with E-state index in [9.17, 15) is 0 Å². The average Bonchev–Trinajstić information content (AvgIpc) is 2.37. The van der Waals surface area contributed by atoms with Crippen molar-refractivity contribution in [3.8, 4) is 0 Å². The summed E-state index contributed by atoms with van der Waals surface area (Å²) in [5.41, 5.74) is 0. The van der Waals surface area contributed by atoms with Crippen LogP contribution in [-0.4, -0.2) is 22.8 Å². The van der Waals surface area contributed by atoms with E-state index >= 15 is 0 Å².